The average Bonchev–Trinajstić information content (AvgIpc) is 2.83. The van der Waals surface area contributed by atoms with Crippen molar-refractivity contribution in [2.24, 2.45) is 17.6 Å². The second-order valence-electron chi connectivity index (χ2n) is 9.39. The highest BCUT2D eigenvalue weighted by Gasteiger charge is 2.35. The molecule has 0 fully saturated rings. The summed E-state index contributed by atoms with van der Waals surface area (Å²) in [6.45, 7) is 8.38. The first-order chi connectivity index (χ1) is 16.7. The van der Waals surface area contributed by atoms with Crippen LogP contribution in [0, 0.1) is 11.8 Å². The topological polar surface area (TPSA) is 131 Å². The second kappa shape index (κ2) is 14.0. The first kappa shape index (κ1) is 28.6. The van der Waals surface area contributed by atoms with Gasteiger partial charge in [-0.15, -0.1) is 0 Å². The van der Waals surface area contributed by atoms with Gasteiger partial charge in [-0.2, -0.15) is 0 Å². The molecule has 1 aromatic carbocycles. The zero-order valence-electron chi connectivity index (χ0n) is 21.4. The van der Waals surface area contributed by atoms with Crippen LogP contribution in [-0.2, 0) is 19.1 Å². The molecule has 0 radical (unpaired) electrons. The number of aliphatic hydroxyl groups excluding tert-OH is 1. The normalized spacial score (nSPS) is 18.5. The Kier molecular flexibility index (Phi) is 11.5. The van der Waals surface area contributed by atoms with E-state index in [1.807, 2.05) is 13.0 Å². The van der Waals surface area contributed by atoms with Gasteiger partial charge in [0.15, 0.2) is 0 Å². The predicted octanol–water partition coefficient (Wildman–Crippen LogP) is 2.39. The molecule has 0 spiro atoms. The van der Waals surface area contributed by atoms with Crippen molar-refractivity contribution >= 4 is 23.5 Å². The number of nitrogens with one attached hydrogen (secondary N) is 1. The molecule has 1 unspecified atom stereocenters. The summed E-state index contributed by atoms with van der Waals surface area (Å²) in [7, 11) is 0. The van der Waals surface area contributed by atoms with Crippen LogP contribution in [-0.4, -0.2) is 60.8 Å². The number of hydrogen-bond acceptors (Lipinski definition) is 7. The summed E-state index contributed by atoms with van der Waals surface area (Å²) in [5.74, 6) is -0.767. The lowest BCUT2D eigenvalue weighted by Crippen LogP contribution is -2.48. The number of amides is 2. The van der Waals surface area contributed by atoms with E-state index in [0.29, 0.717) is 24.4 Å². The van der Waals surface area contributed by atoms with E-state index in [9.17, 15) is 19.5 Å². The molecule has 0 aromatic heterocycles. The van der Waals surface area contributed by atoms with Crippen molar-refractivity contribution in [1.29, 1.82) is 0 Å². The van der Waals surface area contributed by atoms with E-state index in [1.165, 1.54) is 0 Å². The molecule has 0 saturated carbocycles. The Hall–Kier alpha value is -2.65. The molecule has 196 valence electrons. The van der Waals surface area contributed by atoms with Crippen LogP contribution in [0.2, 0.25) is 0 Å². The van der Waals surface area contributed by atoms with Crippen molar-refractivity contribution in [2.45, 2.75) is 78.0 Å². The zero-order chi connectivity index (χ0) is 26.0. The maximum absolute atomic E-state index is 13.2. The van der Waals surface area contributed by atoms with Gasteiger partial charge in [-0.1, -0.05) is 39.3 Å². The number of unbranched alkanes of at least 4 members (excludes halogenated alkanes) is 1. The van der Waals surface area contributed by atoms with Gasteiger partial charge in [-0.05, 0) is 44.2 Å². The van der Waals surface area contributed by atoms with Gasteiger partial charge >= 0.3 is 5.97 Å². The number of esters is 1. The van der Waals surface area contributed by atoms with Gasteiger partial charge in [0, 0.05) is 24.9 Å². The van der Waals surface area contributed by atoms with Crippen LogP contribution in [0.25, 0.3) is 0 Å². The Balaban J connectivity index is 1.93. The summed E-state index contributed by atoms with van der Waals surface area (Å²) in [6, 6.07) is 6.52. The molecule has 2 rings (SSSR count). The van der Waals surface area contributed by atoms with Gasteiger partial charge in [0.1, 0.15) is 5.75 Å². The minimum absolute atomic E-state index is 0.0702. The number of para-hydroxylation sites is 2. The average molecular weight is 492 g/mol. The molecule has 1 aromatic rings. The highest BCUT2D eigenvalue weighted by Crippen LogP contribution is 2.34. The number of hydrogen-bond donors (Lipinski definition) is 3. The van der Waals surface area contributed by atoms with Crippen LogP contribution in [0.4, 0.5) is 5.69 Å². The molecule has 0 saturated heterocycles. The van der Waals surface area contributed by atoms with Crippen LogP contribution >= 0.6 is 0 Å². The fourth-order valence-electron chi connectivity index (χ4n) is 4.15. The molecule has 1 aliphatic rings. The van der Waals surface area contributed by atoms with Gasteiger partial charge in [-0.3, -0.25) is 9.59 Å². The number of rotatable bonds is 13. The quantitative estimate of drug-likeness (QED) is 0.285. The molecular formula is C26H41N3O6. The van der Waals surface area contributed by atoms with Crippen molar-refractivity contribution in [3.05, 3.63) is 24.3 Å². The molecule has 0 aliphatic carbocycles. The lowest BCUT2D eigenvalue weighted by atomic mass is 9.91. The van der Waals surface area contributed by atoms with Crippen molar-refractivity contribution in [3.8, 4) is 5.75 Å². The summed E-state index contributed by atoms with van der Waals surface area (Å²) in [5.41, 5.74) is 6.84. The summed E-state index contributed by atoms with van der Waals surface area (Å²) >= 11 is 0. The van der Waals surface area contributed by atoms with Crippen molar-refractivity contribution < 1.29 is 29.0 Å². The number of fused-ring (bicyclic) bond motifs is 1. The SMILES string of the molecule is CCCCNC(=O)[C@H](C)C[C@H](O)[C@@H](N)C[C@H](C)CC(=O)N1CC(C(=O)OCC)Oc2ccccc21. The zero-order valence-corrected chi connectivity index (χ0v) is 21.4. The highest BCUT2D eigenvalue weighted by molar-refractivity contribution is 5.96. The largest absolute Gasteiger partial charge is 0.475 e. The van der Waals surface area contributed by atoms with Gasteiger partial charge in [0.25, 0.3) is 0 Å². The van der Waals surface area contributed by atoms with Crippen LogP contribution in [0.3, 0.4) is 0 Å². The Morgan fingerprint density at radius 2 is 1.94 bits per heavy atom. The van der Waals surface area contributed by atoms with E-state index in [4.69, 9.17) is 15.2 Å². The van der Waals surface area contributed by atoms with Crippen LogP contribution in [0.15, 0.2) is 24.3 Å². The van der Waals surface area contributed by atoms with Crippen molar-refractivity contribution in [2.75, 3.05) is 24.6 Å². The number of aliphatic hydroxyl groups is 1. The molecule has 0 bridgehead atoms. The summed E-state index contributed by atoms with van der Waals surface area (Å²) in [5, 5.41) is 13.4. The van der Waals surface area contributed by atoms with Crippen LogP contribution < -0.4 is 20.7 Å². The fourth-order valence-corrected chi connectivity index (χ4v) is 4.15. The van der Waals surface area contributed by atoms with Crippen molar-refractivity contribution in [1.82, 2.24) is 5.32 Å². The molecule has 9 nitrogen and oxygen atoms in total. The maximum Gasteiger partial charge on any atom is 0.349 e. The molecule has 9 heteroatoms. The minimum Gasteiger partial charge on any atom is -0.475 e. The number of carbonyl (C=O) groups is 3. The van der Waals surface area contributed by atoms with E-state index >= 15 is 0 Å². The van der Waals surface area contributed by atoms with Crippen LogP contribution in [0.5, 0.6) is 5.75 Å². The summed E-state index contributed by atoms with van der Waals surface area (Å²) in [6.07, 6.45) is 1.05. The third kappa shape index (κ3) is 8.50. The fraction of sp³-hybridized carbons (Fsp3) is 0.654. The third-order valence-electron chi connectivity index (χ3n) is 6.19. The number of anilines is 1. The lowest BCUT2D eigenvalue weighted by molar-refractivity contribution is -0.151. The predicted molar refractivity (Wildman–Crippen MR) is 134 cm³/mol. The Morgan fingerprint density at radius 3 is 2.63 bits per heavy atom. The molecular weight excluding hydrogens is 450 g/mol. The van der Waals surface area contributed by atoms with Crippen molar-refractivity contribution in [3.63, 3.8) is 0 Å². The van der Waals surface area contributed by atoms with E-state index in [2.05, 4.69) is 12.2 Å². The summed E-state index contributed by atoms with van der Waals surface area (Å²) < 4.78 is 10.8. The first-order valence-corrected chi connectivity index (χ1v) is 12.6. The maximum atomic E-state index is 13.2. The molecule has 1 heterocycles. The smallest absolute Gasteiger partial charge is 0.349 e. The number of benzene rings is 1. The molecule has 5 atom stereocenters. The molecule has 2 amide bonds. The van der Waals surface area contributed by atoms with Crippen LogP contribution in [0.1, 0.15) is 59.8 Å². The Bertz CT molecular complexity index is 848. The highest BCUT2D eigenvalue weighted by atomic mass is 16.6. The number of carbonyl (C=O) groups excluding carboxylic acids is 3. The molecule has 1 aliphatic heterocycles. The van der Waals surface area contributed by atoms with E-state index in [0.717, 1.165) is 12.8 Å². The van der Waals surface area contributed by atoms with Gasteiger partial charge in [0.05, 0.1) is 24.9 Å². The Labute approximate surface area is 208 Å². The van der Waals surface area contributed by atoms with E-state index in [1.54, 1.807) is 36.9 Å². The number of ether oxygens (including phenoxy) is 2. The van der Waals surface area contributed by atoms with Gasteiger partial charge < -0.3 is 30.5 Å². The van der Waals surface area contributed by atoms with E-state index in [-0.39, 0.29) is 49.6 Å². The summed E-state index contributed by atoms with van der Waals surface area (Å²) in [4.78, 5) is 39.2. The lowest BCUT2D eigenvalue weighted by Gasteiger charge is -2.34. The second-order valence-corrected chi connectivity index (χ2v) is 9.39. The standard InChI is InChI=1S/C26H41N3O6/c1-5-7-12-28-25(32)18(4)15-21(30)19(27)13-17(3)14-24(31)29-16-23(26(33)34-6-2)35-22-11-9-8-10-20(22)29/h8-11,17-19,21,23,30H,5-7,12-16,27H2,1-4H3,(H,28,32)/t17-,18+,19-,21-,23?/m0/s1. The van der Waals surface area contributed by atoms with Gasteiger partial charge in [0.2, 0.25) is 17.9 Å². The van der Waals surface area contributed by atoms with E-state index < -0.39 is 24.2 Å². The number of nitrogens with two attached hydrogens (primary N) is 1. The monoisotopic (exact) mass is 491 g/mol. The first-order valence-electron chi connectivity index (χ1n) is 12.6. The third-order valence-corrected chi connectivity index (χ3v) is 6.19. The minimum atomic E-state index is -0.891. The Morgan fingerprint density at radius 1 is 1.23 bits per heavy atom. The molecule has 4 N–H and O–H groups in total. The van der Waals surface area contributed by atoms with Gasteiger partial charge in [-0.25, -0.2) is 4.79 Å². The number of nitrogens with zero attached hydrogens (tertiary/aromatic N) is 1. The molecule has 35 heavy (non-hydrogen) atoms.